The van der Waals surface area contributed by atoms with E-state index in [-0.39, 0.29) is 11.9 Å². The molecule has 18 heavy (non-hydrogen) atoms. The molecule has 1 atom stereocenters. The topological polar surface area (TPSA) is 59.3 Å². The summed E-state index contributed by atoms with van der Waals surface area (Å²) in [6.45, 7) is 3.86. The molecule has 96 valence electrons. The number of rotatable bonds is 5. The Kier molecular flexibility index (Phi) is 5.19. The Morgan fingerprint density at radius 2 is 2.17 bits per heavy atom. The summed E-state index contributed by atoms with van der Waals surface area (Å²) in [4.78, 5) is 11.8. The van der Waals surface area contributed by atoms with Crippen LogP contribution in [0.5, 0.6) is 11.5 Å². The van der Waals surface area contributed by atoms with Crippen LogP contribution in [0.2, 0.25) is 0 Å². The van der Waals surface area contributed by atoms with E-state index < -0.39 is 0 Å². The lowest BCUT2D eigenvalue weighted by molar-refractivity contribution is -0.138. The number of carbonyl (C=O) groups is 1. The van der Waals surface area contributed by atoms with E-state index in [1.165, 1.54) is 7.11 Å². The first-order valence-corrected chi connectivity index (χ1v) is 5.92. The van der Waals surface area contributed by atoms with Gasteiger partial charge in [0.25, 0.3) is 0 Å². The summed E-state index contributed by atoms with van der Waals surface area (Å²) in [5.74, 6) is 0.325. The second kappa shape index (κ2) is 6.65. The summed E-state index contributed by atoms with van der Waals surface area (Å²) in [5.41, 5.74) is 0.466. The summed E-state index contributed by atoms with van der Waals surface area (Å²) in [5, 5.41) is 8.78. The predicted molar refractivity (Wildman–Crippen MR) is 67.4 cm³/mol. The molecule has 0 aliphatic carbocycles. The highest BCUT2D eigenvalue weighted by molar-refractivity contribution is 5.75. The Morgan fingerprint density at radius 3 is 2.72 bits per heavy atom. The zero-order valence-corrected chi connectivity index (χ0v) is 10.9. The van der Waals surface area contributed by atoms with Gasteiger partial charge in [0.1, 0.15) is 0 Å². The van der Waals surface area contributed by atoms with Crippen molar-refractivity contribution < 1.29 is 14.3 Å². The zero-order valence-electron chi connectivity index (χ0n) is 10.9. The third-order valence-corrected chi connectivity index (χ3v) is 2.63. The molecule has 0 bridgehead atoms. The van der Waals surface area contributed by atoms with E-state index in [1.54, 1.807) is 18.2 Å². The van der Waals surface area contributed by atoms with Crippen LogP contribution in [-0.4, -0.2) is 13.1 Å². The SMILES string of the molecule is CCCC(C)C(=O)Oc1ccc(C#N)cc1OC. The average molecular weight is 247 g/mol. The Bertz CT molecular complexity index is 463. The second-order valence-corrected chi connectivity index (χ2v) is 4.09. The number of benzene rings is 1. The molecule has 0 fully saturated rings. The van der Waals surface area contributed by atoms with Crippen molar-refractivity contribution in [2.75, 3.05) is 7.11 Å². The van der Waals surface area contributed by atoms with Gasteiger partial charge in [0.05, 0.1) is 24.7 Å². The van der Waals surface area contributed by atoms with Crippen molar-refractivity contribution in [3.8, 4) is 17.6 Å². The van der Waals surface area contributed by atoms with Crippen molar-refractivity contribution in [1.29, 1.82) is 5.26 Å². The van der Waals surface area contributed by atoms with Crippen molar-refractivity contribution in [3.63, 3.8) is 0 Å². The molecule has 0 aromatic heterocycles. The Balaban J connectivity index is 2.84. The van der Waals surface area contributed by atoms with Gasteiger partial charge >= 0.3 is 5.97 Å². The lowest BCUT2D eigenvalue weighted by Crippen LogP contribution is -2.17. The summed E-state index contributed by atoms with van der Waals surface area (Å²) in [6.07, 6.45) is 1.72. The fourth-order valence-corrected chi connectivity index (χ4v) is 1.58. The van der Waals surface area contributed by atoms with E-state index in [4.69, 9.17) is 14.7 Å². The first-order chi connectivity index (χ1) is 8.62. The highest BCUT2D eigenvalue weighted by Gasteiger charge is 2.16. The monoisotopic (exact) mass is 247 g/mol. The molecule has 1 unspecified atom stereocenters. The lowest BCUT2D eigenvalue weighted by atomic mass is 10.1. The average Bonchev–Trinajstić information content (AvgIpc) is 2.39. The van der Waals surface area contributed by atoms with E-state index in [1.807, 2.05) is 19.9 Å². The highest BCUT2D eigenvalue weighted by atomic mass is 16.6. The minimum atomic E-state index is -0.278. The van der Waals surface area contributed by atoms with Crippen LogP contribution < -0.4 is 9.47 Å². The van der Waals surface area contributed by atoms with Gasteiger partial charge in [0.2, 0.25) is 0 Å². The fraction of sp³-hybridized carbons (Fsp3) is 0.429. The van der Waals surface area contributed by atoms with E-state index >= 15 is 0 Å². The van der Waals surface area contributed by atoms with Crippen molar-refractivity contribution in [1.82, 2.24) is 0 Å². The third kappa shape index (κ3) is 3.49. The molecular weight excluding hydrogens is 230 g/mol. The van der Waals surface area contributed by atoms with Gasteiger partial charge in [-0.15, -0.1) is 0 Å². The summed E-state index contributed by atoms with van der Waals surface area (Å²) >= 11 is 0. The van der Waals surface area contributed by atoms with Crippen LogP contribution in [0.4, 0.5) is 0 Å². The van der Waals surface area contributed by atoms with Gasteiger partial charge in [0.15, 0.2) is 11.5 Å². The smallest absolute Gasteiger partial charge is 0.314 e. The van der Waals surface area contributed by atoms with Gasteiger partial charge in [0, 0.05) is 6.07 Å². The zero-order chi connectivity index (χ0) is 13.5. The van der Waals surface area contributed by atoms with Gasteiger partial charge in [-0.2, -0.15) is 5.26 Å². The molecule has 1 aromatic carbocycles. The molecule has 0 amide bonds. The van der Waals surface area contributed by atoms with Crippen molar-refractivity contribution in [2.24, 2.45) is 5.92 Å². The van der Waals surface area contributed by atoms with E-state index in [9.17, 15) is 4.79 Å². The lowest BCUT2D eigenvalue weighted by Gasteiger charge is -2.12. The summed E-state index contributed by atoms with van der Waals surface area (Å²) in [6, 6.07) is 6.72. The molecule has 0 saturated carbocycles. The normalized spacial score (nSPS) is 11.4. The van der Waals surface area contributed by atoms with E-state index in [0.29, 0.717) is 17.1 Å². The molecule has 1 aromatic rings. The minimum absolute atomic E-state index is 0.143. The maximum atomic E-state index is 11.8. The molecule has 0 N–H and O–H groups in total. The number of methoxy groups -OCH3 is 1. The Labute approximate surface area is 107 Å². The number of carbonyl (C=O) groups excluding carboxylic acids is 1. The Morgan fingerprint density at radius 1 is 1.44 bits per heavy atom. The summed E-state index contributed by atoms with van der Waals surface area (Å²) < 4.78 is 10.4. The quantitative estimate of drug-likeness (QED) is 0.593. The van der Waals surface area contributed by atoms with E-state index in [2.05, 4.69) is 0 Å². The Hall–Kier alpha value is -2.02. The van der Waals surface area contributed by atoms with Gasteiger partial charge in [-0.05, 0) is 18.6 Å². The standard InChI is InChI=1S/C14H17NO3/c1-4-5-10(2)14(16)18-12-7-6-11(9-15)8-13(12)17-3/h6-8,10H,4-5H2,1-3H3. The maximum Gasteiger partial charge on any atom is 0.314 e. The summed E-state index contributed by atoms with van der Waals surface area (Å²) in [7, 11) is 1.48. The number of hydrogen-bond acceptors (Lipinski definition) is 4. The van der Waals surface area contributed by atoms with Crippen molar-refractivity contribution in [3.05, 3.63) is 23.8 Å². The number of ether oxygens (including phenoxy) is 2. The van der Waals surface area contributed by atoms with Crippen LogP contribution >= 0.6 is 0 Å². The van der Waals surface area contributed by atoms with Gasteiger partial charge in [-0.25, -0.2) is 0 Å². The number of nitriles is 1. The third-order valence-electron chi connectivity index (χ3n) is 2.63. The van der Waals surface area contributed by atoms with Crippen LogP contribution in [0.3, 0.4) is 0 Å². The largest absolute Gasteiger partial charge is 0.493 e. The molecular formula is C14H17NO3. The molecule has 0 aliphatic heterocycles. The van der Waals surface area contributed by atoms with Gasteiger partial charge in [-0.1, -0.05) is 20.3 Å². The molecule has 0 aliphatic rings. The van der Waals surface area contributed by atoms with Crippen LogP contribution in [0.1, 0.15) is 32.3 Å². The minimum Gasteiger partial charge on any atom is -0.493 e. The first kappa shape index (κ1) is 14.0. The van der Waals surface area contributed by atoms with Crippen molar-refractivity contribution in [2.45, 2.75) is 26.7 Å². The number of esters is 1. The number of hydrogen-bond donors (Lipinski definition) is 0. The molecule has 4 nitrogen and oxygen atoms in total. The second-order valence-electron chi connectivity index (χ2n) is 4.09. The van der Waals surface area contributed by atoms with E-state index in [0.717, 1.165) is 12.8 Å². The molecule has 0 saturated heterocycles. The van der Waals surface area contributed by atoms with Crippen LogP contribution in [0.25, 0.3) is 0 Å². The highest BCUT2D eigenvalue weighted by Crippen LogP contribution is 2.28. The van der Waals surface area contributed by atoms with Crippen LogP contribution in [-0.2, 0) is 4.79 Å². The molecule has 4 heteroatoms. The van der Waals surface area contributed by atoms with Crippen LogP contribution in [0, 0.1) is 17.2 Å². The molecule has 0 radical (unpaired) electrons. The van der Waals surface area contributed by atoms with Gasteiger partial charge in [-0.3, -0.25) is 4.79 Å². The first-order valence-electron chi connectivity index (χ1n) is 5.92. The van der Waals surface area contributed by atoms with Gasteiger partial charge < -0.3 is 9.47 Å². The fourth-order valence-electron chi connectivity index (χ4n) is 1.58. The molecule has 0 spiro atoms. The van der Waals surface area contributed by atoms with Crippen LogP contribution in [0.15, 0.2) is 18.2 Å². The number of nitrogens with zero attached hydrogens (tertiary/aromatic N) is 1. The molecule has 1 rings (SSSR count). The molecule has 0 heterocycles. The predicted octanol–water partition coefficient (Wildman–Crippen LogP) is 2.91. The van der Waals surface area contributed by atoms with Crippen molar-refractivity contribution >= 4 is 5.97 Å². The maximum absolute atomic E-state index is 11.8.